The summed E-state index contributed by atoms with van der Waals surface area (Å²) in [6.45, 7) is 7.89. The van der Waals surface area contributed by atoms with Gasteiger partial charge in [-0.1, -0.05) is 73.3 Å². The lowest BCUT2D eigenvalue weighted by Crippen LogP contribution is -2.46. The molecule has 0 saturated carbocycles. The summed E-state index contributed by atoms with van der Waals surface area (Å²) < 4.78 is 16.9. The molecule has 0 heterocycles. The lowest BCUT2D eigenvalue weighted by atomic mass is 9.75. The summed E-state index contributed by atoms with van der Waals surface area (Å²) in [5.41, 5.74) is 2.25. The second-order valence-electron chi connectivity index (χ2n) is 8.18. The number of fused-ring (bicyclic) bond motifs is 1. The number of rotatable bonds is 8. The normalized spacial score (nSPS) is 15.8. The van der Waals surface area contributed by atoms with Crippen LogP contribution in [0.15, 0.2) is 91.2 Å². The highest BCUT2D eigenvalue weighted by Crippen LogP contribution is 2.52. The zero-order chi connectivity index (χ0) is 24.1. The summed E-state index contributed by atoms with van der Waals surface area (Å²) in [5, 5.41) is 0. The number of hydrogen-bond acceptors (Lipinski definition) is 5. The largest absolute Gasteiger partial charge is 0.465 e. The molecule has 3 aromatic rings. The van der Waals surface area contributed by atoms with Gasteiger partial charge in [-0.15, -0.1) is 0 Å². The van der Waals surface area contributed by atoms with Crippen molar-refractivity contribution in [2.75, 3.05) is 13.2 Å². The fourth-order valence-electron chi connectivity index (χ4n) is 4.63. The van der Waals surface area contributed by atoms with Crippen molar-refractivity contribution in [1.29, 1.82) is 0 Å². The number of benzene rings is 3. The van der Waals surface area contributed by atoms with E-state index >= 15 is 0 Å². The van der Waals surface area contributed by atoms with Gasteiger partial charge in [0.2, 0.25) is 0 Å². The van der Waals surface area contributed by atoms with Crippen LogP contribution in [0.25, 0.3) is 11.1 Å². The Morgan fingerprint density at radius 2 is 1.38 bits per heavy atom. The molecule has 0 radical (unpaired) electrons. The maximum absolute atomic E-state index is 13.3. The fourth-order valence-corrected chi connectivity index (χ4v) is 4.63. The molecule has 1 unspecified atom stereocenters. The minimum atomic E-state index is -1.59. The molecule has 0 aromatic heterocycles. The summed E-state index contributed by atoms with van der Waals surface area (Å²) in [6.07, 6.45) is 0.167. The summed E-state index contributed by atoms with van der Waals surface area (Å²) in [6, 6.07) is 25.2. The van der Waals surface area contributed by atoms with Crippen molar-refractivity contribution >= 4 is 11.9 Å². The molecular weight excluding hydrogens is 428 g/mol. The lowest BCUT2D eigenvalue weighted by Gasteiger charge is -2.32. The van der Waals surface area contributed by atoms with Crippen LogP contribution in [-0.2, 0) is 25.5 Å². The highest BCUT2D eigenvalue weighted by molar-refractivity contribution is 6.03. The molecule has 5 nitrogen and oxygen atoms in total. The molecule has 0 amide bonds. The van der Waals surface area contributed by atoms with E-state index in [1.165, 1.54) is 0 Å². The predicted octanol–water partition coefficient (Wildman–Crippen LogP) is 5.70. The molecule has 1 aliphatic carbocycles. The molecule has 5 heteroatoms. The Morgan fingerprint density at radius 3 is 2.00 bits per heavy atom. The number of ether oxygens (including phenoxy) is 3. The van der Waals surface area contributed by atoms with E-state index in [1.54, 1.807) is 13.8 Å². The van der Waals surface area contributed by atoms with E-state index in [-0.39, 0.29) is 19.6 Å². The van der Waals surface area contributed by atoms with Gasteiger partial charge in [0, 0.05) is 6.42 Å². The third kappa shape index (κ3) is 4.21. The average molecular weight is 457 g/mol. The van der Waals surface area contributed by atoms with Gasteiger partial charge in [-0.3, -0.25) is 9.59 Å². The summed E-state index contributed by atoms with van der Waals surface area (Å²) in [4.78, 5) is 26.6. The molecule has 3 aromatic carbocycles. The smallest absolute Gasteiger partial charge is 0.324 e. The Morgan fingerprint density at radius 1 is 0.824 bits per heavy atom. The third-order valence-corrected chi connectivity index (χ3v) is 6.14. The molecule has 0 aliphatic heterocycles. The average Bonchev–Trinajstić information content (AvgIpc) is 3.22. The van der Waals surface area contributed by atoms with E-state index in [2.05, 4.69) is 6.58 Å². The quantitative estimate of drug-likeness (QED) is 0.247. The van der Waals surface area contributed by atoms with Gasteiger partial charge < -0.3 is 14.2 Å². The Hall–Kier alpha value is -3.86. The van der Waals surface area contributed by atoms with Crippen molar-refractivity contribution in [3.05, 3.63) is 102 Å². The first-order valence-electron chi connectivity index (χ1n) is 11.5. The van der Waals surface area contributed by atoms with Crippen molar-refractivity contribution < 1.29 is 23.8 Å². The van der Waals surface area contributed by atoms with Crippen LogP contribution in [0.3, 0.4) is 0 Å². The van der Waals surface area contributed by atoms with Crippen LogP contribution in [0.2, 0.25) is 0 Å². The number of allylic oxidation sites excluding steroid dienone is 1. The molecule has 0 spiro atoms. The van der Waals surface area contributed by atoms with E-state index in [4.69, 9.17) is 14.2 Å². The number of carbonyl (C=O) groups excluding carboxylic acids is 2. The van der Waals surface area contributed by atoms with Gasteiger partial charge in [-0.05, 0) is 48.2 Å². The molecule has 0 saturated heterocycles. The zero-order valence-corrected chi connectivity index (χ0v) is 19.5. The third-order valence-electron chi connectivity index (χ3n) is 6.14. The second kappa shape index (κ2) is 9.96. The van der Waals surface area contributed by atoms with Crippen molar-refractivity contribution in [2.45, 2.75) is 26.2 Å². The Balaban J connectivity index is 1.69. The lowest BCUT2D eigenvalue weighted by molar-refractivity contribution is -0.173. The second-order valence-corrected chi connectivity index (χ2v) is 8.18. The van der Waals surface area contributed by atoms with Crippen molar-refractivity contribution in [1.82, 2.24) is 0 Å². The van der Waals surface area contributed by atoms with Gasteiger partial charge in [0.15, 0.2) is 5.41 Å². The van der Waals surface area contributed by atoms with Gasteiger partial charge in [0.05, 0.1) is 19.1 Å². The molecule has 0 fully saturated rings. The van der Waals surface area contributed by atoms with Gasteiger partial charge in [-0.25, -0.2) is 0 Å². The van der Waals surface area contributed by atoms with Crippen LogP contribution in [0, 0.1) is 5.41 Å². The minimum absolute atomic E-state index is 0.150. The number of esters is 2. The summed E-state index contributed by atoms with van der Waals surface area (Å²) in [7, 11) is 0. The monoisotopic (exact) mass is 456 g/mol. The molecule has 1 aliphatic rings. The fraction of sp³-hybridized carbons (Fsp3) is 0.241. The molecular formula is C29H28O5. The maximum Gasteiger partial charge on any atom is 0.324 e. The Bertz CT molecular complexity index is 1160. The van der Waals surface area contributed by atoms with Gasteiger partial charge in [-0.2, -0.15) is 0 Å². The molecule has 0 bridgehead atoms. The van der Waals surface area contributed by atoms with Crippen LogP contribution in [-0.4, -0.2) is 25.2 Å². The van der Waals surface area contributed by atoms with Gasteiger partial charge in [0.1, 0.15) is 11.5 Å². The zero-order valence-electron chi connectivity index (χ0n) is 19.5. The van der Waals surface area contributed by atoms with Gasteiger partial charge >= 0.3 is 11.9 Å². The van der Waals surface area contributed by atoms with Crippen molar-refractivity contribution in [3.8, 4) is 16.9 Å². The van der Waals surface area contributed by atoms with Crippen LogP contribution in [0.4, 0.5) is 0 Å². The molecule has 4 rings (SSSR count). The summed E-state index contributed by atoms with van der Waals surface area (Å²) >= 11 is 0. The van der Waals surface area contributed by atoms with E-state index < -0.39 is 23.3 Å². The van der Waals surface area contributed by atoms with E-state index in [9.17, 15) is 9.59 Å². The van der Waals surface area contributed by atoms with Crippen LogP contribution < -0.4 is 4.74 Å². The minimum Gasteiger partial charge on any atom is -0.465 e. The number of carbonyl (C=O) groups is 2. The SMILES string of the molecule is C=C(Oc1ccc(-c2ccccc2)cc1)C1c2ccccc2CC1(C(=O)OCC)C(=O)OCC. The Kier molecular flexibility index (Phi) is 6.82. The van der Waals surface area contributed by atoms with E-state index in [0.717, 1.165) is 22.3 Å². The standard InChI is InChI=1S/C29H28O5/c1-4-32-27(30)29(28(31)33-5-2)19-23-13-9-10-14-25(23)26(29)20(3)34-24-17-15-22(16-18-24)21-11-7-6-8-12-21/h6-18,26H,3-5,19H2,1-2H3. The summed E-state index contributed by atoms with van der Waals surface area (Å²) in [5.74, 6) is -1.14. The van der Waals surface area contributed by atoms with Gasteiger partial charge in [0.25, 0.3) is 0 Å². The maximum atomic E-state index is 13.3. The van der Waals surface area contributed by atoms with Crippen LogP contribution >= 0.6 is 0 Å². The van der Waals surface area contributed by atoms with Crippen molar-refractivity contribution in [3.63, 3.8) is 0 Å². The molecule has 0 N–H and O–H groups in total. The predicted molar refractivity (Wildman–Crippen MR) is 130 cm³/mol. The van der Waals surface area contributed by atoms with Crippen LogP contribution in [0.5, 0.6) is 5.75 Å². The molecule has 34 heavy (non-hydrogen) atoms. The first kappa shape index (κ1) is 23.3. The molecule has 1 atom stereocenters. The molecule has 174 valence electrons. The highest BCUT2D eigenvalue weighted by atomic mass is 16.6. The topological polar surface area (TPSA) is 61.8 Å². The van der Waals surface area contributed by atoms with E-state index in [1.807, 2.05) is 78.9 Å². The van der Waals surface area contributed by atoms with E-state index in [0.29, 0.717) is 11.5 Å². The first-order valence-corrected chi connectivity index (χ1v) is 11.5. The van der Waals surface area contributed by atoms with Crippen LogP contribution in [0.1, 0.15) is 30.9 Å². The first-order chi connectivity index (χ1) is 16.5. The van der Waals surface area contributed by atoms with Crippen molar-refractivity contribution in [2.24, 2.45) is 5.41 Å². The number of hydrogen-bond donors (Lipinski definition) is 0. The Labute approximate surface area is 200 Å². The highest BCUT2D eigenvalue weighted by Gasteiger charge is 2.61.